The van der Waals surface area contributed by atoms with E-state index in [1.807, 2.05) is 0 Å². The standard InChI is InChI=1S/C14H9BrF2O/c15-12-8-10(16)5-6-11(12)14(18)7-9-3-1-2-4-13(9)17/h1-6,8H,7H2. The minimum atomic E-state index is -0.427. The van der Waals surface area contributed by atoms with Crippen molar-refractivity contribution in [3.63, 3.8) is 0 Å². The van der Waals surface area contributed by atoms with Crippen LogP contribution >= 0.6 is 15.9 Å². The van der Waals surface area contributed by atoms with Crippen LogP contribution in [0, 0.1) is 11.6 Å². The smallest absolute Gasteiger partial charge is 0.168 e. The summed E-state index contributed by atoms with van der Waals surface area (Å²) in [6.07, 6.45) is -0.0447. The molecule has 0 aromatic heterocycles. The zero-order valence-corrected chi connectivity index (χ0v) is 10.9. The molecule has 0 radical (unpaired) electrons. The first-order valence-corrected chi connectivity index (χ1v) is 6.09. The lowest BCUT2D eigenvalue weighted by Gasteiger charge is -2.05. The first-order chi connectivity index (χ1) is 8.58. The summed E-state index contributed by atoms with van der Waals surface area (Å²) in [5.74, 6) is -1.10. The van der Waals surface area contributed by atoms with E-state index in [0.29, 0.717) is 15.6 Å². The minimum Gasteiger partial charge on any atom is -0.294 e. The molecular weight excluding hydrogens is 302 g/mol. The van der Waals surface area contributed by atoms with Gasteiger partial charge >= 0.3 is 0 Å². The molecule has 0 aliphatic rings. The van der Waals surface area contributed by atoms with Gasteiger partial charge in [0.25, 0.3) is 0 Å². The lowest BCUT2D eigenvalue weighted by atomic mass is 10.0. The Morgan fingerprint density at radius 2 is 1.83 bits per heavy atom. The molecule has 2 aromatic rings. The summed E-state index contributed by atoms with van der Waals surface area (Å²) in [6, 6.07) is 9.92. The molecule has 0 saturated heterocycles. The molecule has 0 aliphatic carbocycles. The van der Waals surface area contributed by atoms with Crippen molar-refractivity contribution in [1.29, 1.82) is 0 Å². The maximum absolute atomic E-state index is 13.4. The van der Waals surface area contributed by atoms with Crippen LogP contribution in [0.5, 0.6) is 0 Å². The van der Waals surface area contributed by atoms with Gasteiger partial charge in [-0.05, 0) is 45.8 Å². The van der Waals surface area contributed by atoms with Crippen LogP contribution < -0.4 is 0 Å². The van der Waals surface area contributed by atoms with Gasteiger partial charge in [-0.15, -0.1) is 0 Å². The van der Waals surface area contributed by atoms with Crippen molar-refractivity contribution in [3.05, 3.63) is 69.7 Å². The highest BCUT2D eigenvalue weighted by Crippen LogP contribution is 2.20. The fraction of sp³-hybridized carbons (Fsp3) is 0.0714. The first-order valence-electron chi connectivity index (χ1n) is 5.29. The number of ketones is 1. The van der Waals surface area contributed by atoms with E-state index in [1.54, 1.807) is 18.2 Å². The summed E-state index contributed by atoms with van der Waals surface area (Å²) in [4.78, 5) is 12.0. The van der Waals surface area contributed by atoms with Crippen LogP contribution in [0.1, 0.15) is 15.9 Å². The van der Waals surface area contributed by atoms with Crippen LogP contribution in [0.25, 0.3) is 0 Å². The molecule has 0 heterocycles. The van der Waals surface area contributed by atoms with E-state index in [4.69, 9.17) is 0 Å². The number of benzene rings is 2. The normalized spacial score (nSPS) is 10.4. The Morgan fingerprint density at radius 3 is 2.50 bits per heavy atom. The van der Waals surface area contributed by atoms with Gasteiger partial charge in [0.05, 0.1) is 0 Å². The van der Waals surface area contributed by atoms with E-state index in [-0.39, 0.29) is 12.2 Å². The Kier molecular flexibility index (Phi) is 3.87. The number of carbonyl (C=O) groups excluding carboxylic acids is 1. The Labute approximate surface area is 112 Å². The maximum Gasteiger partial charge on any atom is 0.168 e. The SMILES string of the molecule is O=C(Cc1ccccc1F)c1ccc(F)cc1Br. The third-order valence-electron chi connectivity index (χ3n) is 2.54. The van der Waals surface area contributed by atoms with Crippen molar-refractivity contribution < 1.29 is 13.6 Å². The van der Waals surface area contributed by atoms with Crippen LogP contribution in [0.15, 0.2) is 46.9 Å². The molecular formula is C14H9BrF2O. The van der Waals surface area contributed by atoms with Gasteiger partial charge in [-0.3, -0.25) is 4.79 Å². The summed E-state index contributed by atoms with van der Waals surface area (Å²) in [5.41, 5.74) is 0.679. The van der Waals surface area contributed by atoms with Crippen molar-refractivity contribution in [2.24, 2.45) is 0 Å². The molecule has 0 N–H and O–H groups in total. The molecule has 0 amide bonds. The predicted molar refractivity (Wildman–Crippen MR) is 68.5 cm³/mol. The van der Waals surface area contributed by atoms with Crippen LogP contribution in [-0.4, -0.2) is 5.78 Å². The Hall–Kier alpha value is -1.55. The van der Waals surface area contributed by atoms with Crippen molar-refractivity contribution in [2.45, 2.75) is 6.42 Å². The summed E-state index contributed by atoms with van der Waals surface area (Å²) in [5, 5.41) is 0. The van der Waals surface area contributed by atoms with Gasteiger partial charge in [0.15, 0.2) is 5.78 Å². The van der Waals surface area contributed by atoms with Crippen molar-refractivity contribution in [2.75, 3.05) is 0 Å². The number of rotatable bonds is 3. The number of halogens is 3. The van der Waals surface area contributed by atoms with Crippen molar-refractivity contribution >= 4 is 21.7 Å². The van der Waals surface area contributed by atoms with Gasteiger partial charge in [0.2, 0.25) is 0 Å². The van der Waals surface area contributed by atoms with E-state index < -0.39 is 11.6 Å². The fourth-order valence-electron chi connectivity index (χ4n) is 1.63. The molecule has 2 aromatic carbocycles. The molecule has 0 aliphatic heterocycles. The summed E-state index contributed by atoms with van der Waals surface area (Å²) in [6.45, 7) is 0. The van der Waals surface area contributed by atoms with E-state index >= 15 is 0 Å². The molecule has 18 heavy (non-hydrogen) atoms. The molecule has 4 heteroatoms. The van der Waals surface area contributed by atoms with Gasteiger partial charge in [-0.2, -0.15) is 0 Å². The number of Topliss-reactive ketones (excluding diaryl/α,β-unsaturated/α-hetero) is 1. The topological polar surface area (TPSA) is 17.1 Å². The summed E-state index contributed by atoms with van der Waals surface area (Å²) < 4.78 is 26.7. The Bertz CT molecular complexity index is 596. The monoisotopic (exact) mass is 310 g/mol. The van der Waals surface area contributed by atoms with E-state index in [9.17, 15) is 13.6 Å². The quantitative estimate of drug-likeness (QED) is 0.778. The molecule has 0 unspecified atom stereocenters. The summed E-state index contributed by atoms with van der Waals surface area (Å²) in [7, 11) is 0. The van der Waals surface area contributed by atoms with Crippen LogP contribution in [-0.2, 0) is 6.42 Å². The summed E-state index contributed by atoms with van der Waals surface area (Å²) >= 11 is 3.13. The van der Waals surface area contributed by atoms with Gasteiger partial charge in [-0.1, -0.05) is 18.2 Å². The van der Waals surface area contributed by atoms with Gasteiger partial charge in [0, 0.05) is 16.5 Å². The highest BCUT2D eigenvalue weighted by atomic mass is 79.9. The van der Waals surface area contributed by atoms with E-state index in [1.165, 1.54) is 24.3 Å². The highest BCUT2D eigenvalue weighted by molar-refractivity contribution is 9.10. The first kappa shape index (κ1) is 12.9. The molecule has 2 rings (SSSR count). The minimum absolute atomic E-state index is 0.0447. The molecule has 1 nitrogen and oxygen atoms in total. The zero-order chi connectivity index (χ0) is 13.1. The molecule has 0 spiro atoms. The molecule has 0 bridgehead atoms. The second-order valence-corrected chi connectivity index (χ2v) is 4.67. The number of hydrogen-bond acceptors (Lipinski definition) is 1. The molecule has 0 atom stereocenters. The maximum atomic E-state index is 13.4. The number of hydrogen-bond donors (Lipinski definition) is 0. The van der Waals surface area contributed by atoms with Crippen molar-refractivity contribution in [3.8, 4) is 0 Å². The second-order valence-electron chi connectivity index (χ2n) is 3.82. The van der Waals surface area contributed by atoms with Crippen molar-refractivity contribution in [1.82, 2.24) is 0 Å². The van der Waals surface area contributed by atoms with Crippen LogP contribution in [0.4, 0.5) is 8.78 Å². The largest absolute Gasteiger partial charge is 0.294 e. The predicted octanol–water partition coefficient (Wildman–Crippen LogP) is 4.15. The average Bonchev–Trinajstić information content (AvgIpc) is 2.32. The Balaban J connectivity index is 2.25. The van der Waals surface area contributed by atoms with Gasteiger partial charge in [-0.25, -0.2) is 8.78 Å². The van der Waals surface area contributed by atoms with Crippen LogP contribution in [0.2, 0.25) is 0 Å². The van der Waals surface area contributed by atoms with Crippen LogP contribution in [0.3, 0.4) is 0 Å². The van der Waals surface area contributed by atoms with E-state index in [2.05, 4.69) is 15.9 Å². The second kappa shape index (κ2) is 5.40. The molecule has 0 fully saturated rings. The third kappa shape index (κ3) is 2.82. The average molecular weight is 311 g/mol. The lowest BCUT2D eigenvalue weighted by Crippen LogP contribution is -2.06. The molecule has 0 saturated carbocycles. The number of carbonyl (C=O) groups is 1. The van der Waals surface area contributed by atoms with Gasteiger partial charge < -0.3 is 0 Å². The Morgan fingerprint density at radius 1 is 1.11 bits per heavy atom. The molecule has 92 valence electrons. The fourth-order valence-corrected chi connectivity index (χ4v) is 2.20. The third-order valence-corrected chi connectivity index (χ3v) is 3.20. The lowest BCUT2D eigenvalue weighted by molar-refractivity contribution is 0.0991. The van der Waals surface area contributed by atoms with E-state index in [0.717, 1.165) is 0 Å². The van der Waals surface area contributed by atoms with Gasteiger partial charge in [0.1, 0.15) is 11.6 Å². The zero-order valence-electron chi connectivity index (χ0n) is 9.29. The highest BCUT2D eigenvalue weighted by Gasteiger charge is 2.13.